The Morgan fingerprint density at radius 3 is 2.40 bits per heavy atom. The molecule has 2 saturated heterocycles. The molecule has 0 aromatic rings. The van der Waals surface area contributed by atoms with Gasteiger partial charge in [-0.05, 0) is 19.3 Å². The van der Waals surface area contributed by atoms with Crippen LogP contribution in [-0.4, -0.2) is 57.7 Å². The average Bonchev–Trinajstić information content (AvgIpc) is 2.75. The van der Waals surface area contributed by atoms with Gasteiger partial charge in [0.05, 0.1) is 0 Å². The highest BCUT2D eigenvalue weighted by molar-refractivity contribution is 6.02. The van der Waals surface area contributed by atoms with Gasteiger partial charge in [-0.2, -0.15) is 0 Å². The highest BCUT2D eigenvalue weighted by Crippen LogP contribution is 2.19. The largest absolute Gasteiger partial charge is 0.480 e. The lowest BCUT2D eigenvalue weighted by Crippen LogP contribution is -2.48. The van der Waals surface area contributed by atoms with Crippen molar-refractivity contribution < 1.29 is 24.3 Å². The Hall–Kier alpha value is -1.92. The number of piperidine rings is 1. The van der Waals surface area contributed by atoms with E-state index < -0.39 is 12.0 Å². The van der Waals surface area contributed by atoms with Crippen LogP contribution in [0.25, 0.3) is 0 Å². The lowest BCUT2D eigenvalue weighted by molar-refractivity contribution is -0.152. The smallest absolute Gasteiger partial charge is 0.326 e. The number of carbonyl (C=O) groups is 4. The van der Waals surface area contributed by atoms with Crippen LogP contribution < -0.4 is 0 Å². The zero-order valence-corrected chi connectivity index (χ0v) is 11.2. The van der Waals surface area contributed by atoms with Gasteiger partial charge in [-0.15, -0.1) is 0 Å². The summed E-state index contributed by atoms with van der Waals surface area (Å²) >= 11 is 0. The second-order valence-corrected chi connectivity index (χ2v) is 5.13. The van der Waals surface area contributed by atoms with Gasteiger partial charge in [0.25, 0.3) is 0 Å². The minimum Gasteiger partial charge on any atom is -0.480 e. The molecule has 0 aromatic heterocycles. The lowest BCUT2D eigenvalue weighted by atomic mass is 10.0. The van der Waals surface area contributed by atoms with E-state index in [0.717, 1.165) is 17.7 Å². The summed E-state index contributed by atoms with van der Waals surface area (Å²) < 4.78 is 0. The maximum atomic E-state index is 12.1. The van der Waals surface area contributed by atoms with Crippen molar-refractivity contribution in [3.8, 4) is 0 Å². The first-order valence-electron chi connectivity index (χ1n) is 6.86. The van der Waals surface area contributed by atoms with Crippen LogP contribution in [0.5, 0.6) is 0 Å². The van der Waals surface area contributed by atoms with Crippen LogP contribution in [0.1, 0.15) is 38.5 Å². The number of carboxylic acid groups (broad SMARTS) is 1. The summed E-state index contributed by atoms with van der Waals surface area (Å²) in [7, 11) is 0. The van der Waals surface area contributed by atoms with E-state index in [4.69, 9.17) is 5.11 Å². The molecular formula is C13H18N2O5. The second-order valence-electron chi connectivity index (χ2n) is 5.13. The molecule has 1 N–H and O–H groups in total. The number of hydrogen-bond acceptors (Lipinski definition) is 4. The van der Waals surface area contributed by atoms with Gasteiger partial charge >= 0.3 is 5.97 Å². The number of nitrogens with zero attached hydrogens (tertiary/aromatic N) is 2. The topological polar surface area (TPSA) is 95.0 Å². The van der Waals surface area contributed by atoms with E-state index in [0.29, 0.717) is 13.0 Å². The maximum absolute atomic E-state index is 12.1. The van der Waals surface area contributed by atoms with Crippen molar-refractivity contribution in [2.24, 2.45) is 0 Å². The molecular weight excluding hydrogens is 264 g/mol. The number of aliphatic carboxylic acids is 1. The zero-order valence-electron chi connectivity index (χ0n) is 11.2. The van der Waals surface area contributed by atoms with Gasteiger partial charge in [0.2, 0.25) is 17.7 Å². The molecule has 0 saturated carbocycles. The fourth-order valence-electron chi connectivity index (χ4n) is 2.71. The summed E-state index contributed by atoms with van der Waals surface area (Å²) in [5.74, 6) is -1.80. The summed E-state index contributed by atoms with van der Waals surface area (Å²) in [4.78, 5) is 48.5. The van der Waals surface area contributed by atoms with E-state index in [-0.39, 0.29) is 43.5 Å². The molecule has 2 fully saturated rings. The van der Waals surface area contributed by atoms with Gasteiger partial charge in [0, 0.05) is 32.4 Å². The highest BCUT2D eigenvalue weighted by atomic mass is 16.4. The summed E-state index contributed by atoms with van der Waals surface area (Å²) in [5, 5.41) is 9.11. The van der Waals surface area contributed by atoms with Gasteiger partial charge in [0.15, 0.2) is 0 Å². The molecule has 3 amide bonds. The van der Waals surface area contributed by atoms with Crippen molar-refractivity contribution in [1.29, 1.82) is 0 Å². The van der Waals surface area contributed by atoms with Crippen molar-refractivity contribution in [3.63, 3.8) is 0 Å². The molecule has 1 atom stereocenters. The third-order valence-electron chi connectivity index (χ3n) is 3.81. The monoisotopic (exact) mass is 282 g/mol. The van der Waals surface area contributed by atoms with Crippen LogP contribution in [0.3, 0.4) is 0 Å². The number of likely N-dealkylation sites (tertiary alicyclic amines) is 2. The van der Waals surface area contributed by atoms with E-state index in [1.54, 1.807) is 0 Å². The van der Waals surface area contributed by atoms with Gasteiger partial charge in [0.1, 0.15) is 6.04 Å². The van der Waals surface area contributed by atoms with E-state index >= 15 is 0 Å². The fourth-order valence-corrected chi connectivity index (χ4v) is 2.71. The Morgan fingerprint density at radius 2 is 1.80 bits per heavy atom. The van der Waals surface area contributed by atoms with Crippen molar-refractivity contribution in [2.45, 2.75) is 44.6 Å². The molecule has 2 aliphatic heterocycles. The van der Waals surface area contributed by atoms with Crippen LogP contribution in [0, 0.1) is 0 Å². The van der Waals surface area contributed by atoms with E-state index in [1.807, 2.05) is 0 Å². The predicted octanol–water partition coefficient (Wildman–Crippen LogP) is -0.00880. The summed E-state index contributed by atoms with van der Waals surface area (Å²) in [6, 6.07) is -0.777. The van der Waals surface area contributed by atoms with E-state index in [1.165, 1.54) is 4.90 Å². The van der Waals surface area contributed by atoms with Crippen LogP contribution >= 0.6 is 0 Å². The number of carboxylic acids is 1. The molecule has 0 spiro atoms. The normalized spacial score (nSPS) is 23.3. The Labute approximate surface area is 116 Å². The molecule has 2 aliphatic rings. The molecule has 7 nitrogen and oxygen atoms in total. The molecule has 2 rings (SSSR count). The standard InChI is InChI=1S/C13H18N2O5/c16-10-4-5-11(17)15(10)8-6-12(18)14-7-2-1-3-9(14)13(19)20/h9H,1-8H2,(H,19,20)/t9-/m0/s1. The molecule has 0 aromatic carbocycles. The van der Waals surface area contributed by atoms with Crippen molar-refractivity contribution >= 4 is 23.7 Å². The quantitative estimate of drug-likeness (QED) is 0.732. The molecule has 7 heteroatoms. The molecule has 20 heavy (non-hydrogen) atoms. The number of rotatable bonds is 4. The van der Waals surface area contributed by atoms with Crippen LogP contribution in [-0.2, 0) is 19.2 Å². The highest BCUT2D eigenvalue weighted by Gasteiger charge is 2.33. The summed E-state index contributed by atoms with van der Waals surface area (Å²) in [5.41, 5.74) is 0. The van der Waals surface area contributed by atoms with Crippen molar-refractivity contribution in [3.05, 3.63) is 0 Å². The number of amides is 3. The molecule has 0 aliphatic carbocycles. The fraction of sp³-hybridized carbons (Fsp3) is 0.692. The lowest BCUT2D eigenvalue weighted by Gasteiger charge is -2.33. The minimum absolute atomic E-state index is 0.00125. The van der Waals surface area contributed by atoms with Gasteiger partial charge in [-0.3, -0.25) is 19.3 Å². The molecule has 2 heterocycles. The number of imide groups is 1. The zero-order chi connectivity index (χ0) is 14.7. The van der Waals surface area contributed by atoms with Gasteiger partial charge < -0.3 is 10.0 Å². The molecule has 0 radical (unpaired) electrons. The Kier molecular flexibility index (Phi) is 4.36. The summed E-state index contributed by atoms with van der Waals surface area (Å²) in [6.45, 7) is 0.483. The van der Waals surface area contributed by atoms with E-state index in [9.17, 15) is 19.2 Å². The third-order valence-corrected chi connectivity index (χ3v) is 3.81. The second kappa shape index (κ2) is 6.02. The minimum atomic E-state index is -0.994. The third kappa shape index (κ3) is 2.97. The van der Waals surface area contributed by atoms with E-state index in [2.05, 4.69) is 0 Å². The first-order valence-corrected chi connectivity index (χ1v) is 6.86. The van der Waals surface area contributed by atoms with Crippen LogP contribution in [0.2, 0.25) is 0 Å². The first kappa shape index (κ1) is 14.5. The molecule has 110 valence electrons. The SMILES string of the molecule is O=C(O)[C@@H]1CCCCN1C(=O)CCN1C(=O)CCC1=O. The summed E-state index contributed by atoms with van der Waals surface area (Å²) in [6.07, 6.45) is 2.45. The predicted molar refractivity (Wildman–Crippen MR) is 67.6 cm³/mol. The molecule has 0 bridgehead atoms. The average molecular weight is 282 g/mol. The maximum Gasteiger partial charge on any atom is 0.326 e. The first-order chi connectivity index (χ1) is 9.50. The number of carbonyl (C=O) groups excluding carboxylic acids is 3. The Balaban J connectivity index is 1.92. The van der Waals surface area contributed by atoms with Gasteiger partial charge in [-0.1, -0.05) is 0 Å². The Morgan fingerprint density at radius 1 is 1.15 bits per heavy atom. The van der Waals surface area contributed by atoms with Crippen molar-refractivity contribution in [2.75, 3.05) is 13.1 Å². The van der Waals surface area contributed by atoms with Crippen LogP contribution in [0.4, 0.5) is 0 Å². The van der Waals surface area contributed by atoms with Gasteiger partial charge in [-0.25, -0.2) is 4.79 Å². The van der Waals surface area contributed by atoms with Crippen LogP contribution in [0.15, 0.2) is 0 Å². The number of hydrogen-bond donors (Lipinski definition) is 1. The Bertz CT molecular complexity index is 432. The van der Waals surface area contributed by atoms with Crippen molar-refractivity contribution in [1.82, 2.24) is 9.80 Å². The molecule has 0 unspecified atom stereocenters.